The second-order valence-electron chi connectivity index (χ2n) is 5.37. The standard InChI is InChI=1S/C12H21N3O/c1-11(2,9-6-5-7-14-9)8-15-10(16)12(3,4)13/h5-7,14H,8,13H2,1-4H3,(H,15,16). The van der Waals surface area contributed by atoms with Gasteiger partial charge in [0.15, 0.2) is 0 Å². The normalized spacial score (nSPS) is 12.6. The van der Waals surface area contributed by atoms with Crippen LogP contribution in [0.2, 0.25) is 0 Å². The van der Waals surface area contributed by atoms with Crippen molar-refractivity contribution >= 4 is 5.91 Å². The molecule has 0 fully saturated rings. The molecule has 4 nitrogen and oxygen atoms in total. The second kappa shape index (κ2) is 4.29. The summed E-state index contributed by atoms with van der Waals surface area (Å²) in [5.74, 6) is -0.132. The first-order valence-electron chi connectivity index (χ1n) is 5.44. The number of aromatic amines is 1. The third-order valence-electron chi connectivity index (χ3n) is 2.60. The molecular formula is C12H21N3O. The molecule has 1 aromatic heterocycles. The Morgan fingerprint density at radius 2 is 2.06 bits per heavy atom. The van der Waals surface area contributed by atoms with Crippen LogP contribution in [0.3, 0.4) is 0 Å². The fraction of sp³-hybridized carbons (Fsp3) is 0.583. The van der Waals surface area contributed by atoms with Gasteiger partial charge in [0.1, 0.15) is 0 Å². The van der Waals surface area contributed by atoms with Crippen LogP contribution in [0.5, 0.6) is 0 Å². The molecule has 1 amide bonds. The third-order valence-corrected chi connectivity index (χ3v) is 2.60. The Balaban J connectivity index is 2.59. The van der Waals surface area contributed by atoms with Gasteiger partial charge in [-0.3, -0.25) is 4.79 Å². The molecule has 0 radical (unpaired) electrons. The van der Waals surface area contributed by atoms with E-state index in [0.29, 0.717) is 6.54 Å². The van der Waals surface area contributed by atoms with Gasteiger partial charge < -0.3 is 16.0 Å². The number of rotatable bonds is 4. The van der Waals surface area contributed by atoms with Crippen LogP contribution < -0.4 is 11.1 Å². The predicted molar refractivity (Wildman–Crippen MR) is 65.1 cm³/mol. The molecule has 0 unspecified atom stereocenters. The number of nitrogens with two attached hydrogens (primary N) is 1. The molecule has 1 aromatic rings. The quantitative estimate of drug-likeness (QED) is 0.716. The summed E-state index contributed by atoms with van der Waals surface area (Å²) in [7, 11) is 0. The van der Waals surface area contributed by atoms with Gasteiger partial charge >= 0.3 is 0 Å². The Morgan fingerprint density at radius 1 is 1.44 bits per heavy atom. The van der Waals surface area contributed by atoms with Crippen LogP contribution in [-0.4, -0.2) is 23.0 Å². The monoisotopic (exact) mass is 223 g/mol. The maximum Gasteiger partial charge on any atom is 0.239 e. The number of nitrogens with one attached hydrogen (secondary N) is 2. The molecule has 1 rings (SSSR count). The first-order chi connectivity index (χ1) is 7.23. The molecule has 0 saturated heterocycles. The molecule has 4 heteroatoms. The van der Waals surface area contributed by atoms with Gasteiger partial charge in [-0.1, -0.05) is 13.8 Å². The first-order valence-corrected chi connectivity index (χ1v) is 5.44. The van der Waals surface area contributed by atoms with E-state index in [4.69, 9.17) is 5.73 Å². The van der Waals surface area contributed by atoms with E-state index >= 15 is 0 Å². The van der Waals surface area contributed by atoms with Crippen molar-refractivity contribution in [2.24, 2.45) is 5.73 Å². The van der Waals surface area contributed by atoms with Crippen LogP contribution in [0.15, 0.2) is 18.3 Å². The molecule has 0 aliphatic heterocycles. The summed E-state index contributed by atoms with van der Waals surface area (Å²) in [5.41, 5.74) is 5.86. The highest BCUT2D eigenvalue weighted by Gasteiger charge is 2.26. The highest BCUT2D eigenvalue weighted by molar-refractivity contribution is 5.85. The minimum atomic E-state index is -0.828. The number of H-pyrrole nitrogens is 1. The van der Waals surface area contributed by atoms with Crippen molar-refractivity contribution < 1.29 is 4.79 Å². The molecule has 0 aromatic carbocycles. The van der Waals surface area contributed by atoms with Crippen molar-refractivity contribution in [1.82, 2.24) is 10.3 Å². The van der Waals surface area contributed by atoms with Crippen LogP contribution in [0, 0.1) is 0 Å². The maximum absolute atomic E-state index is 11.6. The van der Waals surface area contributed by atoms with Gasteiger partial charge in [-0.25, -0.2) is 0 Å². The zero-order chi connectivity index (χ0) is 12.4. The molecule has 0 aliphatic rings. The summed E-state index contributed by atoms with van der Waals surface area (Å²) < 4.78 is 0. The second-order valence-corrected chi connectivity index (χ2v) is 5.37. The number of carbonyl (C=O) groups is 1. The average Bonchev–Trinajstić information content (AvgIpc) is 2.65. The van der Waals surface area contributed by atoms with Gasteiger partial charge in [-0.2, -0.15) is 0 Å². The number of aromatic nitrogens is 1. The van der Waals surface area contributed by atoms with E-state index in [1.54, 1.807) is 13.8 Å². The highest BCUT2D eigenvalue weighted by Crippen LogP contribution is 2.20. The van der Waals surface area contributed by atoms with Crippen molar-refractivity contribution in [3.05, 3.63) is 24.0 Å². The van der Waals surface area contributed by atoms with Crippen LogP contribution in [-0.2, 0) is 10.2 Å². The Labute approximate surface area is 96.6 Å². The van der Waals surface area contributed by atoms with Crippen molar-refractivity contribution in [2.45, 2.75) is 38.6 Å². The Morgan fingerprint density at radius 3 is 2.50 bits per heavy atom. The van der Waals surface area contributed by atoms with Crippen molar-refractivity contribution in [3.63, 3.8) is 0 Å². The molecule has 0 spiro atoms. The predicted octanol–water partition coefficient (Wildman–Crippen LogP) is 1.15. The number of amides is 1. The zero-order valence-electron chi connectivity index (χ0n) is 10.4. The number of hydrogen-bond acceptors (Lipinski definition) is 2. The third kappa shape index (κ3) is 3.10. The van der Waals surface area contributed by atoms with Crippen LogP contribution >= 0.6 is 0 Å². The van der Waals surface area contributed by atoms with Gasteiger partial charge in [0.05, 0.1) is 5.54 Å². The van der Waals surface area contributed by atoms with E-state index in [0.717, 1.165) is 5.69 Å². The van der Waals surface area contributed by atoms with Gasteiger partial charge in [-0.15, -0.1) is 0 Å². The lowest BCUT2D eigenvalue weighted by Crippen LogP contribution is -2.51. The van der Waals surface area contributed by atoms with Gasteiger partial charge in [0.25, 0.3) is 0 Å². The summed E-state index contributed by atoms with van der Waals surface area (Å²) in [5, 5.41) is 2.87. The van der Waals surface area contributed by atoms with Gasteiger partial charge in [0.2, 0.25) is 5.91 Å². The topological polar surface area (TPSA) is 70.9 Å². The first kappa shape index (κ1) is 12.8. The highest BCUT2D eigenvalue weighted by atomic mass is 16.2. The number of carbonyl (C=O) groups excluding carboxylic acids is 1. The molecular weight excluding hydrogens is 202 g/mol. The number of hydrogen-bond donors (Lipinski definition) is 3. The molecule has 0 aliphatic carbocycles. The summed E-state index contributed by atoms with van der Waals surface area (Å²) >= 11 is 0. The van der Waals surface area contributed by atoms with Crippen LogP contribution in [0.1, 0.15) is 33.4 Å². The lowest BCUT2D eigenvalue weighted by atomic mass is 9.89. The minimum Gasteiger partial charge on any atom is -0.364 e. The molecule has 16 heavy (non-hydrogen) atoms. The fourth-order valence-corrected chi connectivity index (χ4v) is 1.38. The summed E-state index contributed by atoms with van der Waals surface area (Å²) in [4.78, 5) is 14.8. The van der Waals surface area contributed by atoms with Crippen molar-refractivity contribution in [2.75, 3.05) is 6.54 Å². The van der Waals surface area contributed by atoms with E-state index < -0.39 is 5.54 Å². The molecule has 4 N–H and O–H groups in total. The fourth-order valence-electron chi connectivity index (χ4n) is 1.38. The molecule has 0 atom stereocenters. The Hall–Kier alpha value is -1.29. The average molecular weight is 223 g/mol. The van der Waals surface area contributed by atoms with Crippen molar-refractivity contribution in [1.29, 1.82) is 0 Å². The van der Waals surface area contributed by atoms with E-state index in [9.17, 15) is 4.79 Å². The van der Waals surface area contributed by atoms with E-state index in [1.807, 2.05) is 18.3 Å². The molecule has 1 heterocycles. The zero-order valence-corrected chi connectivity index (χ0v) is 10.4. The Bertz CT molecular complexity index is 347. The van der Waals surface area contributed by atoms with E-state index in [2.05, 4.69) is 24.1 Å². The summed E-state index contributed by atoms with van der Waals surface area (Å²) in [6.45, 7) is 8.10. The van der Waals surface area contributed by atoms with Gasteiger partial charge in [0, 0.05) is 23.9 Å². The molecule has 0 bridgehead atoms. The van der Waals surface area contributed by atoms with Crippen LogP contribution in [0.4, 0.5) is 0 Å². The lowest BCUT2D eigenvalue weighted by molar-refractivity contribution is -0.125. The minimum absolute atomic E-state index is 0.121. The summed E-state index contributed by atoms with van der Waals surface area (Å²) in [6.07, 6.45) is 1.88. The smallest absolute Gasteiger partial charge is 0.239 e. The Kier molecular flexibility index (Phi) is 3.43. The maximum atomic E-state index is 11.6. The van der Waals surface area contributed by atoms with Crippen molar-refractivity contribution in [3.8, 4) is 0 Å². The van der Waals surface area contributed by atoms with Crippen LogP contribution in [0.25, 0.3) is 0 Å². The summed E-state index contributed by atoms with van der Waals surface area (Å²) in [6, 6.07) is 3.96. The van der Waals surface area contributed by atoms with E-state index in [1.165, 1.54) is 0 Å². The SMILES string of the molecule is CC(C)(N)C(=O)NCC(C)(C)c1ccc[nH]1. The lowest BCUT2D eigenvalue weighted by Gasteiger charge is -2.26. The molecule has 90 valence electrons. The largest absolute Gasteiger partial charge is 0.364 e. The van der Waals surface area contributed by atoms with E-state index in [-0.39, 0.29) is 11.3 Å². The van der Waals surface area contributed by atoms with Gasteiger partial charge in [-0.05, 0) is 26.0 Å². The molecule has 0 saturated carbocycles.